The Labute approximate surface area is 110 Å². The van der Waals surface area contributed by atoms with Gasteiger partial charge in [-0.1, -0.05) is 28.1 Å². The average molecular weight is 313 g/mol. The van der Waals surface area contributed by atoms with Crippen LogP contribution in [0.5, 0.6) is 0 Å². The summed E-state index contributed by atoms with van der Waals surface area (Å²) >= 11 is 4.67. The second-order valence-electron chi connectivity index (χ2n) is 3.30. The number of carbonyl (C=O) groups is 1. The highest BCUT2D eigenvalue weighted by atomic mass is 79.9. The number of hydrogen-bond donors (Lipinski definition) is 2. The molecule has 1 heterocycles. The summed E-state index contributed by atoms with van der Waals surface area (Å²) in [5, 5.41) is 9.72. The molecule has 88 valence electrons. The van der Waals surface area contributed by atoms with Gasteiger partial charge in [0, 0.05) is 11.0 Å². The Morgan fingerprint density at radius 1 is 1.53 bits per heavy atom. The van der Waals surface area contributed by atoms with Crippen molar-refractivity contribution in [1.82, 2.24) is 4.98 Å². The van der Waals surface area contributed by atoms with Crippen molar-refractivity contribution in [3.05, 3.63) is 39.4 Å². The lowest BCUT2D eigenvalue weighted by molar-refractivity contribution is 0.0692. The number of rotatable bonds is 3. The van der Waals surface area contributed by atoms with E-state index in [4.69, 9.17) is 10.8 Å². The van der Waals surface area contributed by atoms with Crippen molar-refractivity contribution >= 4 is 33.2 Å². The number of benzene rings is 1. The molecule has 0 atom stereocenters. The third-order valence-corrected chi connectivity index (χ3v) is 3.76. The Morgan fingerprint density at radius 2 is 2.29 bits per heavy atom. The van der Waals surface area contributed by atoms with E-state index >= 15 is 0 Å². The average Bonchev–Trinajstić information content (AvgIpc) is 2.73. The molecule has 0 bridgehead atoms. The molecule has 1 aromatic heterocycles. The van der Waals surface area contributed by atoms with Gasteiger partial charge >= 0.3 is 5.97 Å². The highest BCUT2D eigenvalue weighted by Gasteiger charge is 2.18. The largest absolute Gasteiger partial charge is 0.476 e. The minimum absolute atomic E-state index is 0.0635. The third kappa shape index (κ3) is 2.54. The number of nitrogens with two attached hydrogens (primary N) is 1. The second-order valence-corrected chi connectivity index (χ2v) is 5.30. The minimum atomic E-state index is -1.03. The molecule has 3 N–H and O–H groups in total. The van der Waals surface area contributed by atoms with E-state index < -0.39 is 5.97 Å². The molecule has 0 spiro atoms. The van der Waals surface area contributed by atoms with Gasteiger partial charge in [-0.05, 0) is 17.7 Å². The van der Waals surface area contributed by atoms with Gasteiger partial charge in [0.1, 0.15) is 5.01 Å². The van der Waals surface area contributed by atoms with Gasteiger partial charge in [-0.3, -0.25) is 0 Å². The number of aromatic nitrogens is 1. The molecule has 1 aromatic carbocycles. The van der Waals surface area contributed by atoms with E-state index in [-0.39, 0.29) is 12.2 Å². The first-order valence-electron chi connectivity index (χ1n) is 4.81. The van der Waals surface area contributed by atoms with Crippen molar-refractivity contribution in [1.29, 1.82) is 0 Å². The van der Waals surface area contributed by atoms with Crippen LogP contribution in [-0.4, -0.2) is 16.1 Å². The molecule has 2 aromatic rings. The zero-order chi connectivity index (χ0) is 12.4. The van der Waals surface area contributed by atoms with Crippen LogP contribution in [0.4, 0.5) is 0 Å². The molecule has 0 saturated carbocycles. The van der Waals surface area contributed by atoms with Crippen molar-refractivity contribution in [2.24, 2.45) is 5.73 Å². The van der Waals surface area contributed by atoms with E-state index in [1.54, 1.807) is 0 Å². The van der Waals surface area contributed by atoms with Crippen LogP contribution < -0.4 is 5.73 Å². The zero-order valence-electron chi connectivity index (χ0n) is 8.68. The van der Waals surface area contributed by atoms with Crippen molar-refractivity contribution in [3.8, 4) is 10.4 Å². The predicted octanol–water partition coefficient (Wildman–Crippen LogP) is 2.73. The molecule has 0 fully saturated rings. The summed E-state index contributed by atoms with van der Waals surface area (Å²) in [6.07, 6.45) is 0. The van der Waals surface area contributed by atoms with Crippen molar-refractivity contribution < 1.29 is 9.90 Å². The normalized spacial score (nSPS) is 10.5. The van der Waals surface area contributed by atoms with Gasteiger partial charge < -0.3 is 10.8 Å². The Bertz CT molecular complexity index is 568. The maximum absolute atomic E-state index is 11.1. The van der Waals surface area contributed by atoms with E-state index in [9.17, 15) is 4.79 Å². The van der Waals surface area contributed by atoms with Crippen LogP contribution in [0, 0.1) is 0 Å². The number of nitrogens with zero attached hydrogens (tertiary/aromatic N) is 1. The van der Waals surface area contributed by atoms with Crippen molar-refractivity contribution in [2.75, 3.05) is 0 Å². The molecule has 0 aliphatic rings. The zero-order valence-corrected chi connectivity index (χ0v) is 11.1. The Kier molecular flexibility index (Phi) is 3.56. The summed E-state index contributed by atoms with van der Waals surface area (Å²) in [5.74, 6) is -1.03. The summed E-state index contributed by atoms with van der Waals surface area (Å²) < 4.78 is 0.897. The van der Waals surface area contributed by atoms with Crippen LogP contribution in [-0.2, 0) is 6.54 Å². The number of halogens is 1. The third-order valence-electron chi connectivity index (χ3n) is 2.14. The predicted molar refractivity (Wildman–Crippen MR) is 70.1 cm³/mol. The van der Waals surface area contributed by atoms with E-state index in [1.807, 2.05) is 24.3 Å². The number of carboxylic acids is 1. The number of carboxylic acid groups (broad SMARTS) is 1. The number of thiazole rings is 1. The molecule has 0 amide bonds. The fourth-order valence-electron chi connectivity index (χ4n) is 1.42. The summed E-state index contributed by atoms with van der Waals surface area (Å²) in [4.78, 5) is 15.8. The molecule has 0 aliphatic carbocycles. The van der Waals surface area contributed by atoms with E-state index in [1.165, 1.54) is 11.3 Å². The lowest BCUT2D eigenvalue weighted by Gasteiger charge is -1.99. The van der Waals surface area contributed by atoms with Crippen LogP contribution in [0.15, 0.2) is 28.7 Å². The monoisotopic (exact) mass is 312 g/mol. The number of aromatic carboxylic acids is 1. The number of hydrogen-bond acceptors (Lipinski definition) is 4. The smallest absolute Gasteiger partial charge is 0.356 e. The first kappa shape index (κ1) is 12.2. The molecule has 6 heteroatoms. The van der Waals surface area contributed by atoms with E-state index in [2.05, 4.69) is 20.9 Å². The van der Waals surface area contributed by atoms with Crippen LogP contribution in [0.2, 0.25) is 0 Å². The van der Waals surface area contributed by atoms with Gasteiger partial charge in [0.15, 0.2) is 5.69 Å². The molecule has 2 rings (SSSR count). The van der Waals surface area contributed by atoms with Crippen molar-refractivity contribution in [2.45, 2.75) is 6.54 Å². The second kappa shape index (κ2) is 4.95. The van der Waals surface area contributed by atoms with Gasteiger partial charge in [-0.25, -0.2) is 9.78 Å². The Morgan fingerprint density at radius 3 is 2.88 bits per heavy atom. The van der Waals surface area contributed by atoms with E-state index in [0.717, 1.165) is 10.0 Å². The molecular formula is C11H9BrN2O2S. The molecular weight excluding hydrogens is 304 g/mol. The topological polar surface area (TPSA) is 76.2 Å². The first-order chi connectivity index (χ1) is 8.11. The van der Waals surface area contributed by atoms with Crippen molar-refractivity contribution in [3.63, 3.8) is 0 Å². The summed E-state index contributed by atoms with van der Waals surface area (Å²) in [7, 11) is 0. The molecule has 4 nitrogen and oxygen atoms in total. The Hall–Kier alpha value is -1.24. The standard InChI is InChI=1S/C11H9BrN2O2S/c12-7-3-1-2-6(4-7)10-9(11(15)16)14-8(5-13)17-10/h1-4H,5,13H2,(H,15,16). The van der Waals surface area contributed by atoms with E-state index in [0.29, 0.717) is 9.88 Å². The quantitative estimate of drug-likeness (QED) is 0.913. The van der Waals surface area contributed by atoms with Gasteiger partial charge in [-0.2, -0.15) is 0 Å². The summed E-state index contributed by atoms with van der Waals surface area (Å²) in [6, 6.07) is 7.45. The highest BCUT2D eigenvalue weighted by molar-refractivity contribution is 9.10. The Balaban J connectivity index is 2.57. The van der Waals surface area contributed by atoms with Gasteiger partial charge in [0.2, 0.25) is 0 Å². The van der Waals surface area contributed by atoms with Crippen LogP contribution >= 0.6 is 27.3 Å². The maximum atomic E-state index is 11.1. The maximum Gasteiger partial charge on any atom is 0.356 e. The fourth-order valence-corrected chi connectivity index (χ4v) is 2.75. The van der Waals surface area contributed by atoms with Gasteiger partial charge in [-0.15, -0.1) is 11.3 Å². The lowest BCUT2D eigenvalue weighted by Crippen LogP contribution is -2.01. The molecule has 0 saturated heterocycles. The molecule has 17 heavy (non-hydrogen) atoms. The SMILES string of the molecule is NCc1nc(C(=O)O)c(-c2cccc(Br)c2)s1. The van der Waals surface area contributed by atoms with Crippen LogP contribution in [0.3, 0.4) is 0 Å². The summed E-state index contributed by atoms with van der Waals surface area (Å²) in [6.45, 7) is 0.249. The van der Waals surface area contributed by atoms with Gasteiger partial charge in [0.25, 0.3) is 0 Å². The first-order valence-corrected chi connectivity index (χ1v) is 6.41. The minimum Gasteiger partial charge on any atom is -0.476 e. The van der Waals surface area contributed by atoms with Crippen LogP contribution in [0.25, 0.3) is 10.4 Å². The lowest BCUT2D eigenvalue weighted by atomic mass is 10.1. The highest BCUT2D eigenvalue weighted by Crippen LogP contribution is 2.31. The molecule has 0 radical (unpaired) electrons. The summed E-state index contributed by atoms with van der Waals surface area (Å²) in [5.41, 5.74) is 6.38. The molecule has 0 unspecified atom stereocenters. The molecule has 0 aliphatic heterocycles. The fraction of sp³-hybridized carbons (Fsp3) is 0.0909. The van der Waals surface area contributed by atoms with Crippen LogP contribution in [0.1, 0.15) is 15.5 Å². The van der Waals surface area contributed by atoms with Gasteiger partial charge in [0.05, 0.1) is 4.88 Å².